The van der Waals surface area contributed by atoms with E-state index in [9.17, 15) is 9.59 Å². The summed E-state index contributed by atoms with van der Waals surface area (Å²) in [5.74, 6) is -0.295. The highest BCUT2D eigenvalue weighted by Crippen LogP contribution is 2.05. The number of nitrogens with one attached hydrogen (secondary N) is 2. The first-order valence-electron chi connectivity index (χ1n) is 8.12. The molecule has 0 bridgehead atoms. The Labute approximate surface area is 147 Å². The molecule has 6 heteroatoms. The van der Waals surface area contributed by atoms with Crippen LogP contribution in [-0.4, -0.2) is 38.1 Å². The molecule has 0 saturated carbocycles. The molecule has 0 spiro atoms. The lowest BCUT2D eigenvalue weighted by Crippen LogP contribution is -2.30. The van der Waals surface area contributed by atoms with E-state index in [1.54, 1.807) is 36.4 Å². The molecule has 0 aliphatic rings. The van der Waals surface area contributed by atoms with E-state index in [0.29, 0.717) is 43.1 Å². The fourth-order valence-electron chi connectivity index (χ4n) is 2.12. The van der Waals surface area contributed by atoms with Gasteiger partial charge in [-0.2, -0.15) is 0 Å². The van der Waals surface area contributed by atoms with Gasteiger partial charge in [0, 0.05) is 29.9 Å². The van der Waals surface area contributed by atoms with Gasteiger partial charge >= 0.3 is 0 Å². The molecule has 4 N–H and O–H groups in total. The van der Waals surface area contributed by atoms with Crippen molar-refractivity contribution in [3.05, 3.63) is 65.2 Å². The summed E-state index contributed by atoms with van der Waals surface area (Å²) in [6.07, 6.45) is 0. The molecule has 6 nitrogen and oxygen atoms in total. The molecule has 0 saturated heterocycles. The summed E-state index contributed by atoms with van der Waals surface area (Å²) in [6.45, 7) is 3.55. The molecule has 132 valence electrons. The lowest BCUT2D eigenvalue weighted by atomic mass is 10.1. The van der Waals surface area contributed by atoms with Gasteiger partial charge in [0.25, 0.3) is 11.8 Å². The molecule has 2 aromatic carbocycles. The van der Waals surface area contributed by atoms with E-state index >= 15 is 0 Å². The largest absolute Gasteiger partial charge is 0.399 e. The third-order valence-electron chi connectivity index (χ3n) is 3.55. The van der Waals surface area contributed by atoms with Crippen molar-refractivity contribution in [3.63, 3.8) is 0 Å². The molecular formula is C19H23N3O3. The molecule has 0 atom stereocenters. The lowest BCUT2D eigenvalue weighted by Gasteiger charge is -2.08. The van der Waals surface area contributed by atoms with E-state index in [4.69, 9.17) is 10.5 Å². The second-order valence-electron chi connectivity index (χ2n) is 5.61. The van der Waals surface area contributed by atoms with Gasteiger partial charge in [0.05, 0.1) is 13.2 Å². The van der Waals surface area contributed by atoms with E-state index in [1.807, 2.05) is 19.1 Å². The predicted octanol–water partition coefficient (Wildman–Crippen LogP) is 1.75. The van der Waals surface area contributed by atoms with Crippen LogP contribution < -0.4 is 16.4 Å². The topological polar surface area (TPSA) is 93.5 Å². The number of amides is 2. The second-order valence-corrected chi connectivity index (χ2v) is 5.61. The monoisotopic (exact) mass is 341 g/mol. The number of hydrogen-bond acceptors (Lipinski definition) is 4. The summed E-state index contributed by atoms with van der Waals surface area (Å²) in [5, 5.41) is 5.54. The first-order chi connectivity index (χ1) is 12.1. The summed E-state index contributed by atoms with van der Waals surface area (Å²) in [6, 6.07) is 14.1. The van der Waals surface area contributed by atoms with Crippen LogP contribution in [0.5, 0.6) is 0 Å². The molecular weight excluding hydrogens is 318 g/mol. The Morgan fingerprint density at radius 3 is 1.76 bits per heavy atom. The standard InChI is InChI=1S/C19H23N3O3/c1-14-2-4-15(5-3-14)18(23)21-10-12-25-13-11-22-19(24)16-6-8-17(20)9-7-16/h2-9H,10-13,20H2,1H3,(H,21,23)(H,22,24). The Morgan fingerprint density at radius 2 is 1.28 bits per heavy atom. The second kappa shape index (κ2) is 9.44. The number of hydrogen-bond donors (Lipinski definition) is 3. The van der Waals surface area contributed by atoms with Crippen molar-refractivity contribution in [3.8, 4) is 0 Å². The highest BCUT2D eigenvalue weighted by molar-refractivity contribution is 5.94. The Bertz CT molecular complexity index is 635. The number of ether oxygens (including phenoxy) is 1. The van der Waals surface area contributed by atoms with E-state index in [2.05, 4.69) is 10.6 Å². The highest BCUT2D eigenvalue weighted by Gasteiger charge is 2.05. The zero-order valence-corrected chi connectivity index (χ0v) is 14.2. The van der Waals surface area contributed by atoms with Crippen LogP contribution in [0.15, 0.2) is 48.5 Å². The molecule has 0 fully saturated rings. The van der Waals surface area contributed by atoms with Crippen molar-refractivity contribution in [2.24, 2.45) is 0 Å². The van der Waals surface area contributed by atoms with Gasteiger partial charge in [-0.05, 0) is 43.3 Å². The van der Waals surface area contributed by atoms with Crippen molar-refractivity contribution >= 4 is 17.5 Å². The first-order valence-corrected chi connectivity index (χ1v) is 8.12. The zero-order valence-electron chi connectivity index (χ0n) is 14.2. The van der Waals surface area contributed by atoms with Crippen molar-refractivity contribution in [2.45, 2.75) is 6.92 Å². The third-order valence-corrected chi connectivity index (χ3v) is 3.55. The average Bonchev–Trinajstić information content (AvgIpc) is 2.61. The smallest absolute Gasteiger partial charge is 0.251 e. The van der Waals surface area contributed by atoms with Gasteiger partial charge in [-0.15, -0.1) is 0 Å². The minimum absolute atomic E-state index is 0.125. The first kappa shape index (κ1) is 18.5. The van der Waals surface area contributed by atoms with Crippen LogP contribution in [0.25, 0.3) is 0 Å². The lowest BCUT2D eigenvalue weighted by molar-refractivity contribution is 0.0893. The predicted molar refractivity (Wildman–Crippen MR) is 97.5 cm³/mol. The van der Waals surface area contributed by atoms with Gasteiger partial charge in [-0.25, -0.2) is 0 Å². The van der Waals surface area contributed by atoms with Gasteiger partial charge in [0.1, 0.15) is 0 Å². The SMILES string of the molecule is Cc1ccc(C(=O)NCCOCCNC(=O)c2ccc(N)cc2)cc1. The summed E-state index contributed by atoms with van der Waals surface area (Å²) in [7, 11) is 0. The molecule has 0 heterocycles. The third kappa shape index (κ3) is 6.27. The molecule has 2 amide bonds. The Morgan fingerprint density at radius 1 is 0.840 bits per heavy atom. The van der Waals surface area contributed by atoms with Crippen molar-refractivity contribution in [2.75, 3.05) is 32.0 Å². The number of nitrogens with two attached hydrogens (primary N) is 1. The van der Waals surface area contributed by atoms with Crippen LogP contribution in [0.4, 0.5) is 5.69 Å². The summed E-state index contributed by atoms with van der Waals surface area (Å²) in [4.78, 5) is 23.7. The summed E-state index contributed by atoms with van der Waals surface area (Å²) < 4.78 is 5.39. The zero-order chi connectivity index (χ0) is 18.1. The molecule has 0 aliphatic heterocycles. The number of rotatable bonds is 8. The van der Waals surface area contributed by atoms with Crippen molar-refractivity contribution in [1.82, 2.24) is 10.6 Å². The van der Waals surface area contributed by atoms with Crippen LogP contribution in [0.1, 0.15) is 26.3 Å². The summed E-state index contributed by atoms with van der Waals surface area (Å²) >= 11 is 0. The fraction of sp³-hybridized carbons (Fsp3) is 0.263. The van der Waals surface area contributed by atoms with Gasteiger partial charge in [-0.3, -0.25) is 9.59 Å². The van der Waals surface area contributed by atoms with Gasteiger partial charge < -0.3 is 21.1 Å². The molecule has 0 radical (unpaired) electrons. The van der Waals surface area contributed by atoms with Crippen LogP contribution in [0.2, 0.25) is 0 Å². The minimum atomic E-state index is -0.170. The number of benzene rings is 2. The number of anilines is 1. The number of carbonyl (C=O) groups is 2. The normalized spacial score (nSPS) is 10.3. The number of aryl methyl sites for hydroxylation is 1. The Balaban J connectivity index is 1.56. The molecule has 0 aliphatic carbocycles. The average molecular weight is 341 g/mol. The molecule has 2 aromatic rings. The minimum Gasteiger partial charge on any atom is -0.399 e. The quantitative estimate of drug-likeness (QED) is 0.504. The number of nitrogen functional groups attached to an aromatic ring is 1. The Kier molecular flexibility index (Phi) is 6.98. The molecule has 0 unspecified atom stereocenters. The van der Waals surface area contributed by atoms with Crippen LogP contribution >= 0.6 is 0 Å². The fourth-order valence-corrected chi connectivity index (χ4v) is 2.12. The van der Waals surface area contributed by atoms with Crippen LogP contribution in [-0.2, 0) is 4.74 Å². The van der Waals surface area contributed by atoms with Gasteiger partial charge in [0.15, 0.2) is 0 Å². The molecule has 0 aromatic heterocycles. The van der Waals surface area contributed by atoms with E-state index in [-0.39, 0.29) is 11.8 Å². The molecule has 25 heavy (non-hydrogen) atoms. The van der Waals surface area contributed by atoms with Crippen LogP contribution in [0.3, 0.4) is 0 Å². The van der Waals surface area contributed by atoms with E-state index in [1.165, 1.54) is 0 Å². The van der Waals surface area contributed by atoms with E-state index in [0.717, 1.165) is 5.56 Å². The summed E-state index contributed by atoms with van der Waals surface area (Å²) in [5.41, 5.74) is 8.49. The van der Waals surface area contributed by atoms with Gasteiger partial charge in [-0.1, -0.05) is 17.7 Å². The van der Waals surface area contributed by atoms with Crippen molar-refractivity contribution in [1.29, 1.82) is 0 Å². The Hall–Kier alpha value is -2.86. The highest BCUT2D eigenvalue weighted by atomic mass is 16.5. The van der Waals surface area contributed by atoms with Crippen LogP contribution in [0, 0.1) is 6.92 Å². The van der Waals surface area contributed by atoms with Gasteiger partial charge in [0.2, 0.25) is 0 Å². The maximum absolute atomic E-state index is 11.9. The van der Waals surface area contributed by atoms with Crippen molar-refractivity contribution < 1.29 is 14.3 Å². The maximum atomic E-state index is 11.9. The van der Waals surface area contributed by atoms with E-state index < -0.39 is 0 Å². The molecule has 2 rings (SSSR count). The number of carbonyl (C=O) groups excluding carboxylic acids is 2. The maximum Gasteiger partial charge on any atom is 0.251 e.